The molecule has 5 aromatic rings. The van der Waals surface area contributed by atoms with Gasteiger partial charge in [-0.25, -0.2) is 14.8 Å². The number of hydrogen-bond donors (Lipinski definition) is 2. The minimum Gasteiger partial charge on any atom is -0.449 e. The zero-order valence-corrected chi connectivity index (χ0v) is 21.0. The highest BCUT2D eigenvalue weighted by Gasteiger charge is 2.22. The van der Waals surface area contributed by atoms with Gasteiger partial charge in [-0.3, -0.25) is 9.59 Å². The fourth-order valence-electron chi connectivity index (χ4n) is 4.10. The molecule has 4 aromatic carbocycles. The Morgan fingerprint density at radius 1 is 0.744 bits per heavy atom. The van der Waals surface area contributed by atoms with E-state index in [0.29, 0.717) is 16.7 Å². The second-order valence-electron chi connectivity index (χ2n) is 8.80. The molecule has 0 radical (unpaired) electrons. The highest BCUT2D eigenvalue weighted by atomic mass is 16.5. The van der Waals surface area contributed by atoms with Gasteiger partial charge in [0.2, 0.25) is 0 Å². The number of carbonyl (C=O) groups excluding carboxylic acids is 3. The molecule has 0 saturated carbocycles. The molecule has 1 atom stereocenters. The second-order valence-corrected chi connectivity index (χ2v) is 8.80. The molecule has 5 rings (SSSR count). The number of hydrogen-bond acceptors (Lipinski definition) is 6. The van der Waals surface area contributed by atoms with Crippen molar-refractivity contribution in [2.24, 2.45) is 5.73 Å². The molecule has 2 amide bonds. The molecule has 39 heavy (non-hydrogen) atoms. The van der Waals surface area contributed by atoms with Crippen molar-refractivity contribution >= 4 is 34.5 Å². The average Bonchev–Trinajstić information content (AvgIpc) is 2.97. The van der Waals surface area contributed by atoms with Crippen LogP contribution in [-0.4, -0.2) is 33.9 Å². The Balaban J connectivity index is 1.42. The van der Waals surface area contributed by atoms with Crippen LogP contribution in [-0.2, 0) is 9.53 Å². The van der Waals surface area contributed by atoms with Gasteiger partial charge in [-0.15, -0.1) is 0 Å². The van der Waals surface area contributed by atoms with Gasteiger partial charge in [0.1, 0.15) is 0 Å². The van der Waals surface area contributed by atoms with Crippen LogP contribution >= 0.6 is 0 Å². The summed E-state index contributed by atoms with van der Waals surface area (Å²) in [6.07, 6.45) is -1.14. The summed E-state index contributed by atoms with van der Waals surface area (Å²) >= 11 is 0. The van der Waals surface area contributed by atoms with Crippen LogP contribution in [0.3, 0.4) is 0 Å². The number of rotatable bonds is 7. The summed E-state index contributed by atoms with van der Waals surface area (Å²) in [5.41, 5.74) is 10.3. The summed E-state index contributed by atoms with van der Waals surface area (Å²) in [7, 11) is 0. The summed E-state index contributed by atoms with van der Waals surface area (Å²) < 4.78 is 5.41. The van der Waals surface area contributed by atoms with Crippen LogP contribution in [0.25, 0.3) is 33.5 Å². The van der Waals surface area contributed by atoms with Crippen molar-refractivity contribution in [3.05, 3.63) is 114 Å². The first-order valence-electron chi connectivity index (χ1n) is 12.2. The zero-order valence-electron chi connectivity index (χ0n) is 21.0. The Labute approximate surface area is 224 Å². The Kier molecular flexibility index (Phi) is 7.09. The molecule has 1 heterocycles. The summed E-state index contributed by atoms with van der Waals surface area (Å²) in [4.78, 5) is 47.0. The van der Waals surface area contributed by atoms with Crippen LogP contribution in [0.4, 0.5) is 5.69 Å². The highest BCUT2D eigenvalue weighted by molar-refractivity contribution is 6.04. The topological polar surface area (TPSA) is 124 Å². The van der Waals surface area contributed by atoms with Crippen molar-refractivity contribution in [2.45, 2.75) is 13.0 Å². The van der Waals surface area contributed by atoms with Gasteiger partial charge in [-0.2, -0.15) is 0 Å². The fraction of sp³-hybridized carbons (Fsp3) is 0.0645. The van der Waals surface area contributed by atoms with Crippen LogP contribution < -0.4 is 11.1 Å². The number of nitrogens with two attached hydrogens (primary N) is 1. The molecule has 1 aromatic heterocycles. The van der Waals surface area contributed by atoms with E-state index in [4.69, 9.17) is 20.4 Å². The maximum Gasteiger partial charge on any atom is 0.338 e. The Bertz CT molecular complexity index is 1690. The van der Waals surface area contributed by atoms with Crippen LogP contribution in [0.2, 0.25) is 0 Å². The summed E-state index contributed by atoms with van der Waals surface area (Å²) in [6.45, 7) is 1.45. The van der Waals surface area contributed by atoms with E-state index in [1.807, 2.05) is 60.7 Å². The maximum absolute atomic E-state index is 12.9. The van der Waals surface area contributed by atoms with E-state index in [0.717, 1.165) is 16.8 Å². The smallest absolute Gasteiger partial charge is 0.338 e. The maximum atomic E-state index is 12.9. The van der Waals surface area contributed by atoms with E-state index >= 15 is 0 Å². The fourth-order valence-corrected chi connectivity index (χ4v) is 4.10. The lowest BCUT2D eigenvalue weighted by Gasteiger charge is -2.15. The molecule has 1 unspecified atom stereocenters. The molecular weight excluding hydrogens is 492 g/mol. The lowest BCUT2D eigenvalue weighted by atomic mass is 10.0. The number of esters is 1. The molecule has 8 nitrogen and oxygen atoms in total. The molecule has 0 aliphatic heterocycles. The van der Waals surface area contributed by atoms with Gasteiger partial charge in [0.15, 0.2) is 6.10 Å². The SMILES string of the molecule is CC(OC(=O)c1ccc2nc(-c3ccccc3)c(-c3ccccc3)nc2c1)C(=O)Nc1ccccc1C(N)=O. The van der Waals surface area contributed by atoms with E-state index in [2.05, 4.69) is 5.32 Å². The van der Waals surface area contributed by atoms with Gasteiger partial charge in [0, 0.05) is 11.1 Å². The molecule has 0 aliphatic rings. The summed E-state index contributed by atoms with van der Waals surface area (Å²) in [6, 6.07) is 30.7. The molecule has 0 aliphatic carbocycles. The van der Waals surface area contributed by atoms with Gasteiger partial charge in [0.05, 0.1) is 39.2 Å². The Hall–Kier alpha value is -5.37. The zero-order chi connectivity index (χ0) is 27.4. The van der Waals surface area contributed by atoms with Crippen molar-refractivity contribution in [3.63, 3.8) is 0 Å². The third kappa shape index (κ3) is 5.50. The van der Waals surface area contributed by atoms with Crippen LogP contribution in [0.5, 0.6) is 0 Å². The Morgan fingerprint density at radius 3 is 1.92 bits per heavy atom. The van der Waals surface area contributed by atoms with Crippen molar-refractivity contribution < 1.29 is 19.1 Å². The van der Waals surface area contributed by atoms with Crippen LogP contribution in [0.15, 0.2) is 103 Å². The lowest BCUT2D eigenvalue weighted by Crippen LogP contribution is -2.31. The van der Waals surface area contributed by atoms with Crippen molar-refractivity contribution in [3.8, 4) is 22.5 Å². The van der Waals surface area contributed by atoms with Gasteiger partial charge < -0.3 is 15.8 Å². The molecule has 0 fully saturated rings. The monoisotopic (exact) mass is 516 g/mol. The largest absolute Gasteiger partial charge is 0.449 e. The number of benzene rings is 4. The lowest BCUT2D eigenvalue weighted by molar-refractivity contribution is -0.123. The van der Waals surface area contributed by atoms with E-state index in [1.165, 1.54) is 13.0 Å². The molecule has 192 valence electrons. The van der Waals surface area contributed by atoms with E-state index in [9.17, 15) is 14.4 Å². The minimum atomic E-state index is -1.14. The van der Waals surface area contributed by atoms with E-state index in [1.54, 1.807) is 36.4 Å². The number of para-hydroxylation sites is 1. The number of aromatic nitrogens is 2. The molecule has 0 saturated heterocycles. The van der Waals surface area contributed by atoms with Crippen LogP contribution in [0, 0.1) is 0 Å². The third-order valence-electron chi connectivity index (χ3n) is 6.10. The number of amides is 2. The van der Waals surface area contributed by atoms with Crippen molar-refractivity contribution in [1.29, 1.82) is 0 Å². The van der Waals surface area contributed by atoms with E-state index < -0.39 is 23.9 Å². The standard InChI is InChI=1S/C31H24N4O4/c1-19(30(37)35-24-15-9-8-14-23(24)29(32)36)39-31(38)22-16-17-25-26(18-22)34-28(21-12-6-3-7-13-21)27(33-25)20-10-4-2-5-11-20/h2-19H,1H3,(H2,32,36)(H,35,37). The normalized spacial score (nSPS) is 11.5. The number of primary amides is 1. The molecule has 0 spiro atoms. The van der Waals surface area contributed by atoms with E-state index in [-0.39, 0.29) is 16.8 Å². The van der Waals surface area contributed by atoms with Crippen LogP contribution in [0.1, 0.15) is 27.6 Å². The van der Waals surface area contributed by atoms with Gasteiger partial charge in [-0.1, -0.05) is 72.8 Å². The minimum absolute atomic E-state index is 0.154. The molecule has 3 N–H and O–H groups in total. The average molecular weight is 517 g/mol. The molecule has 8 heteroatoms. The van der Waals surface area contributed by atoms with Gasteiger partial charge >= 0.3 is 5.97 Å². The number of fused-ring (bicyclic) bond motifs is 1. The van der Waals surface area contributed by atoms with Crippen molar-refractivity contribution in [1.82, 2.24) is 9.97 Å². The molecular formula is C31H24N4O4. The quantitative estimate of drug-likeness (QED) is 0.285. The number of carbonyl (C=O) groups is 3. The third-order valence-corrected chi connectivity index (χ3v) is 6.10. The van der Waals surface area contributed by atoms with Crippen molar-refractivity contribution in [2.75, 3.05) is 5.32 Å². The molecule has 0 bridgehead atoms. The Morgan fingerprint density at radius 2 is 1.31 bits per heavy atom. The number of anilines is 1. The summed E-state index contributed by atoms with van der Waals surface area (Å²) in [5, 5.41) is 2.59. The number of ether oxygens (including phenoxy) is 1. The first-order chi connectivity index (χ1) is 18.9. The highest BCUT2D eigenvalue weighted by Crippen LogP contribution is 2.31. The number of nitrogens with one attached hydrogen (secondary N) is 1. The predicted molar refractivity (Wildman–Crippen MR) is 149 cm³/mol. The second kappa shape index (κ2) is 10.9. The first-order valence-corrected chi connectivity index (χ1v) is 12.2. The first kappa shape index (κ1) is 25.3. The number of nitrogens with zero attached hydrogens (tertiary/aromatic N) is 2. The summed E-state index contributed by atoms with van der Waals surface area (Å²) in [5.74, 6) is -1.98. The van der Waals surface area contributed by atoms with Gasteiger partial charge in [0.25, 0.3) is 11.8 Å². The van der Waals surface area contributed by atoms with Gasteiger partial charge in [-0.05, 0) is 37.3 Å². The predicted octanol–water partition coefficient (Wildman–Crippen LogP) is 5.25.